The van der Waals surface area contributed by atoms with Crippen molar-refractivity contribution in [3.63, 3.8) is 0 Å². The number of hydrogen-bond acceptors (Lipinski definition) is 3. The van der Waals surface area contributed by atoms with Gasteiger partial charge in [0.05, 0.1) is 0 Å². The predicted molar refractivity (Wildman–Crippen MR) is 72.1 cm³/mol. The standard InChI is InChI=1S/C14H21N3O/c1-2-16-8-10-17(11-9-16)14(18)13(15)12-6-4-3-5-7-12/h3-7,13H,2,8-11,15H2,1H3. The second-order valence-electron chi connectivity index (χ2n) is 4.65. The Kier molecular flexibility index (Phi) is 4.33. The lowest BCUT2D eigenvalue weighted by Crippen LogP contribution is -2.50. The first-order chi connectivity index (χ1) is 8.72. The molecule has 1 aromatic rings. The summed E-state index contributed by atoms with van der Waals surface area (Å²) < 4.78 is 0. The smallest absolute Gasteiger partial charge is 0.244 e. The average Bonchev–Trinajstić information content (AvgIpc) is 2.47. The summed E-state index contributed by atoms with van der Waals surface area (Å²) in [5.41, 5.74) is 6.92. The van der Waals surface area contributed by atoms with Gasteiger partial charge in [-0.15, -0.1) is 0 Å². The van der Waals surface area contributed by atoms with Crippen molar-refractivity contribution in [2.45, 2.75) is 13.0 Å². The number of amides is 1. The Hall–Kier alpha value is -1.39. The zero-order chi connectivity index (χ0) is 13.0. The molecular weight excluding hydrogens is 226 g/mol. The molecule has 98 valence electrons. The first kappa shape index (κ1) is 13.1. The third-order valence-electron chi connectivity index (χ3n) is 3.56. The Morgan fingerprint density at radius 1 is 1.22 bits per heavy atom. The fourth-order valence-corrected chi connectivity index (χ4v) is 2.28. The fourth-order valence-electron chi connectivity index (χ4n) is 2.28. The van der Waals surface area contributed by atoms with Crippen LogP contribution in [0.3, 0.4) is 0 Å². The molecule has 2 rings (SSSR count). The molecule has 0 spiro atoms. The molecule has 0 bridgehead atoms. The first-order valence-electron chi connectivity index (χ1n) is 6.54. The van der Waals surface area contributed by atoms with E-state index in [9.17, 15) is 4.79 Å². The lowest BCUT2D eigenvalue weighted by molar-refractivity contribution is -0.134. The molecule has 1 amide bonds. The van der Waals surface area contributed by atoms with Crippen LogP contribution in [0.2, 0.25) is 0 Å². The molecule has 4 nitrogen and oxygen atoms in total. The summed E-state index contributed by atoms with van der Waals surface area (Å²) >= 11 is 0. The van der Waals surface area contributed by atoms with Crippen molar-refractivity contribution in [1.29, 1.82) is 0 Å². The average molecular weight is 247 g/mol. The van der Waals surface area contributed by atoms with E-state index in [4.69, 9.17) is 5.73 Å². The van der Waals surface area contributed by atoms with Gasteiger partial charge in [0, 0.05) is 26.2 Å². The molecule has 4 heteroatoms. The van der Waals surface area contributed by atoms with Crippen LogP contribution in [0.5, 0.6) is 0 Å². The van der Waals surface area contributed by atoms with Gasteiger partial charge in [-0.05, 0) is 12.1 Å². The second kappa shape index (κ2) is 5.98. The van der Waals surface area contributed by atoms with Gasteiger partial charge in [-0.25, -0.2) is 0 Å². The van der Waals surface area contributed by atoms with Crippen molar-refractivity contribution in [1.82, 2.24) is 9.80 Å². The van der Waals surface area contributed by atoms with E-state index in [1.54, 1.807) is 0 Å². The Labute approximate surface area is 108 Å². The molecule has 0 radical (unpaired) electrons. The van der Waals surface area contributed by atoms with Gasteiger partial charge in [-0.2, -0.15) is 0 Å². The zero-order valence-electron chi connectivity index (χ0n) is 10.9. The Morgan fingerprint density at radius 3 is 2.39 bits per heavy atom. The molecule has 1 aromatic carbocycles. The van der Waals surface area contributed by atoms with Crippen molar-refractivity contribution in [2.24, 2.45) is 5.73 Å². The first-order valence-corrected chi connectivity index (χ1v) is 6.54. The zero-order valence-corrected chi connectivity index (χ0v) is 10.9. The highest BCUT2D eigenvalue weighted by Crippen LogP contribution is 2.14. The van der Waals surface area contributed by atoms with Gasteiger partial charge in [-0.1, -0.05) is 37.3 Å². The van der Waals surface area contributed by atoms with E-state index < -0.39 is 6.04 Å². The number of likely N-dealkylation sites (N-methyl/N-ethyl adjacent to an activating group) is 1. The highest BCUT2D eigenvalue weighted by Gasteiger charge is 2.25. The third kappa shape index (κ3) is 2.89. The van der Waals surface area contributed by atoms with Crippen LogP contribution in [0.25, 0.3) is 0 Å². The summed E-state index contributed by atoms with van der Waals surface area (Å²) in [5, 5.41) is 0. The highest BCUT2D eigenvalue weighted by atomic mass is 16.2. The molecule has 18 heavy (non-hydrogen) atoms. The topological polar surface area (TPSA) is 49.6 Å². The van der Waals surface area contributed by atoms with Crippen LogP contribution in [0.15, 0.2) is 30.3 Å². The van der Waals surface area contributed by atoms with Gasteiger partial charge in [0.1, 0.15) is 6.04 Å². The van der Waals surface area contributed by atoms with Crippen LogP contribution >= 0.6 is 0 Å². The summed E-state index contributed by atoms with van der Waals surface area (Å²) in [6.07, 6.45) is 0. The third-order valence-corrected chi connectivity index (χ3v) is 3.56. The predicted octanol–water partition coefficient (Wildman–Crippen LogP) is 0.850. The van der Waals surface area contributed by atoms with Gasteiger partial charge in [0.25, 0.3) is 0 Å². The van der Waals surface area contributed by atoms with E-state index >= 15 is 0 Å². The Bertz CT molecular complexity index is 385. The number of piperazine rings is 1. The van der Waals surface area contributed by atoms with Crippen LogP contribution < -0.4 is 5.73 Å². The Balaban J connectivity index is 1.96. The minimum absolute atomic E-state index is 0.0388. The largest absolute Gasteiger partial charge is 0.338 e. The van der Waals surface area contributed by atoms with Gasteiger partial charge >= 0.3 is 0 Å². The van der Waals surface area contributed by atoms with E-state index in [-0.39, 0.29) is 5.91 Å². The Morgan fingerprint density at radius 2 is 1.83 bits per heavy atom. The number of carbonyl (C=O) groups excluding carboxylic acids is 1. The summed E-state index contributed by atoms with van der Waals surface area (Å²) in [5.74, 6) is 0.0388. The maximum atomic E-state index is 12.3. The van der Waals surface area contributed by atoms with Crippen molar-refractivity contribution < 1.29 is 4.79 Å². The minimum Gasteiger partial charge on any atom is -0.338 e. The number of nitrogens with two attached hydrogens (primary N) is 1. The SMILES string of the molecule is CCN1CCN(C(=O)C(N)c2ccccc2)CC1. The molecule has 1 saturated heterocycles. The number of nitrogens with zero attached hydrogens (tertiary/aromatic N) is 2. The summed E-state index contributed by atoms with van der Waals surface area (Å²) in [6, 6.07) is 9.05. The fraction of sp³-hybridized carbons (Fsp3) is 0.500. The molecular formula is C14H21N3O. The summed E-state index contributed by atoms with van der Waals surface area (Å²) in [4.78, 5) is 16.5. The van der Waals surface area contributed by atoms with Crippen LogP contribution in [-0.2, 0) is 4.79 Å². The van der Waals surface area contributed by atoms with Gasteiger partial charge in [0.2, 0.25) is 5.91 Å². The van der Waals surface area contributed by atoms with Crippen molar-refractivity contribution in [3.05, 3.63) is 35.9 Å². The monoisotopic (exact) mass is 247 g/mol. The molecule has 0 aliphatic carbocycles. The van der Waals surface area contributed by atoms with Crippen LogP contribution in [0.1, 0.15) is 18.5 Å². The van der Waals surface area contributed by atoms with Crippen LogP contribution in [0, 0.1) is 0 Å². The van der Waals surface area contributed by atoms with Crippen LogP contribution in [-0.4, -0.2) is 48.4 Å². The summed E-state index contributed by atoms with van der Waals surface area (Å²) in [6.45, 7) is 6.66. The number of rotatable bonds is 3. The number of hydrogen-bond donors (Lipinski definition) is 1. The highest BCUT2D eigenvalue weighted by molar-refractivity contribution is 5.83. The number of carbonyl (C=O) groups is 1. The molecule has 0 aromatic heterocycles. The molecule has 1 unspecified atom stereocenters. The molecule has 1 atom stereocenters. The maximum absolute atomic E-state index is 12.3. The molecule has 0 saturated carbocycles. The second-order valence-corrected chi connectivity index (χ2v) is 4.65. The van der Waals surface area contributed by atoms with E-state index in [1.165, 1.54) is 0 Å². The van der Waals surface area contributed by atoms with E-state index in [2.05, 4.69) is 11.8 Å². The normalized spacial score (nSPS) is 18.7. The van der Waals surface area contributed by atoms with Gasteiger partial charge in [0.15, 0.2) is 0 Å². The quantitative estimate of drug-likeness (QED) is 0.861. The van der Waals surface area contributed by atoms with Crippen molar-refractivity contribution in [3.8, 4) is 0 Å². The van der Waals surface area contributed by atoms with Gasteiger partial charge in [-0.3, -0.25) is 4.79 Å². The van der Waals surface area contributed by atoms with Crippen LogP contribution in [0.4, 0.5) is 0 Å². The lowest BCUT2D eigenvalue weighted by atomic mass is 10.1. The van der Waals surface area contributed by atoms with E-state index in [0.29, 0.717) is 0 Å². The molecule has 1 heterocycles. The molecule has 2 N–H and O–H groups in total. The minimum atomic E-state index is -0.528. The number of benzene rings is 1. The van der Waals surface area contributed by atoms with Crippen molar-refractivity contribution in [2.75, 3.05) is 32.7 Å². The van der Waals surface area contributed by atoms with Crippen molar-refractivity contribution >= 4 is 5.91 Å². The molecule has 1 aliphatic heterocycles. The van der Waals surface area contributed by atoms with E-state index in [1.807, 2.05) is 35.2 Å². The van der Waals surface area contributed by atoms with Gasteiger partial charge < -0.3 is 15.5 Å². The summed E-state index contributed by atoms with van der Waals surface area (Å²) in [7, 11) is 0. The maximum Gasteiger partial charge on any atom is 0.244 e. The van der Waals surface area contributed by atoms with E-state index in [0.717, 1.165) is 38.3 Å². The molecule has 1 fully saturated rings. The molecule has 1 aliphatic rings. The lowest BCUT2D eigenvalue weighted by Gasteiger charge is -2.35.